The Bertz CT molecular complexity index is 577. The molecule has 0 bridgehead atoms. The fraction of sp³-hybridized carbons (Fsp3) is 0.667. The van der Waals surface area contributed by atoms with E-state index in [2.05, 4.69) is 40.5 Å². The van der Waals surface area contributed by atoms with Crippen molar-refractivity contribution in [3.8, 4) is 0 Å². The lowest BCUT2D eigenvalue weighted by atomic mass is 9.78. The highest BCUT2D eigenvalue weighted by Crippen LogP contribution is 2.32. The number of methoxy groups -OCH3 is 1. The summed E-state index contributed by atoms with van der Waals surface area (Å²) in [6.45, 7) is 6.38. The van der Waals surface area contributed by atoms with Gasteiger partial charge in [0.1, 0.15) is 0 Å². The molecule has 1 amide bonds. The van der Waals surface area contributed by atoms with Crippen LogP contribution in [0.1, 0.15) is 24.8 Å². The van der Waals surface area contributed by atoms with Crippen molar-refractivity contribution in [3.63, 3.8) is 0 Å². The van der Waals surface area contributed by atoms with Crippen LogP contribution in [0.15, 0.2) is 30.3 Å². The van der Waals surface area contributed by atoms with Crippen LogP contribution in [0.25, 0.3) is 0 Å². The molecule has 1 aromatic rings. The minimum absolute atomic E-state index is 0. The maximum Gasteiger partial charge on any atom is 0.230 e. The zero-order valence-corrected chi connectivity index (χ0v) is 18.7. The first-order valence-corrected chi connectivity index (χ1v) is 9.84. The zero-order chi connectivity index (χ0) is 18.4. The Morgan fingerprint density at radius 1 is 1.25 bits per heavy atom. The molecule has 160 valence electrons. The number of carbonyl (C=O) groups is 1. The molecule has 1 aromatic carbocycles. The van der Waals surface area contributed by atoms with Crippen molar-refractivity contribution in [2.45, 2.75) is 25.8 Å². The summed E-state index contributed by atoms with van der Waals surface area (Å²) >= 11 is 0. The monoisotopic (exact) mass is 431 g/mol. The van der Waals surface area contributed by atoms with E-state index in [4.69, 9.17) is 4.74 Å². The quantitative estimate of drug-likeness (QED) is 0.720. The SMILES string of the molecule is COCC1(C(=O)N(C)CC2CCN(Cc3ccccc3)C2)CCNCC1.Cl.Cl. The molecule has 1 unspecified atom stereocenters. The van der Waals surface area contributed by atoms with Gasteiger partial charge in [-0.05, 0) is 50.4 Å². The molecule has 3 rings (SSSR count). The van der Waals surface area contributed by atoms with Gasteiger partial charge in [0.2, 0.25) is 5.91 Å². The van der Waals surface area contributed by atoms with E-state index in [-0.39, 0.29) is 36.1 Å². The summed E-state index contributed by atoms with van der Waals surface area (Å²) in [6, 6.07) is 10.6. The molecule has 0 radical (unpaired) electrons. The van der Waals surface area contributed by atoms with Crippen molar-refractivity contribution in [2.24, 2.45) is 11.3 Å². The molecule has 2 aliphatic rings. The van der Waals surface area contributed by atoms with Gasteiger partial charge in [-0.15, -0.1) is 24.8 Å². The zero-order valence-electron chi connectivity index (χ0n) is 17.1. The van der Waals surface area contributed by atoms with Gasteiger partial charge in [-0.3, -0.25) is 9.69 Å². The molecule has 2 fully saturated rings. The standard InChI is InChI=1S/C21H33N3O2.2ClH/c1-23(20(25)21(17-26-2)9-11-22-12-10-21)14-19-8-13-24(16-19)15-18-6-4-3-5-7-18;;/h3-7,19,22H,8-17H2,1-2H3;2*1H. The van der Waals surface area contributed by atoms with Crippen molar-refractivity contribution in [3.05, 3.63) is 35.9 Å². The van der Waals surface area contributed by atoms with E-state index in [1.807, 2.05) is 11.9 Å². The van der Waals surface area contributed by atoms with Crippen LogP contribution < -0.4 is 5.32 Å². The number of piperidine rings is 1. The first-order chi connectivity index (χ1) is 12.6. The van der Waals surface area contributed by atoms with Gasteiger partial charge in [-0.2, -0.15) is 0 Å². The van der Waals surface area contributed by atoms with Crippen LogP contribution in [0.5, 0.6) is 0 Å². The summed E-state index contributed by atoms with van der Waals surface area (Å²) in [6.07, 6.45) is 2.91. The summed E-state index contributed by atoms with van der Waals surface area (Å²) < 4.78 is 5.43. The van der Waals surface area contributed by atoms with Gasteiger partial charge in [-0.25, -0.2) is 0 Å². The molecule has 0 aliphatic carbocycles. The summed E-state index contributed by atoms with van der Waals surface area (Å²) in [7, 11) is 3.68. The number of nitrogens with one attached hydrogen (secondary N) is 1. The lowest BCUT2D eigenvalue weighted by Crippen LogP contribution is -2.51. The number of benzene rings is 1. The lowest BCUT2D eigenvalue weighted by Gasteiger charge is -2.39. The van der Waals surface area contributed by atoms with Crippen LogP contribution in [0.2, 0.25) is 0 Å². The average molecular weight is 432 g/mol. The van der Waals surface area contributed by atoms with E-state index >= 15 is 0 Å². The second-order valence-electron chi connectivity index (χ2n) is 8.02. The number of amides is 1. The van der Waals surface area contributed by atoms with E-state index in [0.29, 0.717) is 12.5 Å². The highest BCUT2D eigenvalue weighted by atomic mass is 35.5. The number of halogens is 2. The second-order valence-corrected chi connectivity index (χ2v) is 8.02. The normalized spacial score (nSPS) is 21.4. The Hall–Kier alpha value is -0.850. The van der Waals surface area contributed by atoms with E-state index in [0.717, 1.165) is 52.1 Å². The van der Waals surface area contributed by atoms with E-state index < -0.39 is 0 Å². The van der Waals surface area contributed by atoms with Gasteiger partial charge in [0.25, 0.3) is 0 Å². The first kappa shape index (κ1) is 25.2. The molecule has 5 nitrogen and oxygen atoms in total. The Morgan fingerprint density at radius 2 is 1.93 bits per heavy atom. The molecule has 0 aromatic heterocycles. The third-order valence-corrected chi connectivity index (χ3v) is 5.93. The Morgan fingerprint density at radius 3 is 2.57 bits per heavy atom. The molecule has 2 aliphatic heterocycles. The van der Waals surface area contributed by atoms with Crippen LogP contribution >= 0.6 is 24.8 Å². The topological polar surface area (TPSA) is 44.8 Å². The second kappa shape index (κ2) is 12.0. The summed E-state index contributed by atoms with van der Waals surface area (Å²) in [5.74, 6) is 0.830. The average Bonchev–Trinajstić information content (AvgIpc) is 3.09. The third kappa shape index (κ3) is 6.33. The molecule has 1 atom stereocenters. The minimum Gasteiger partial charge on any atom is -0.384 e. The van der Waals surface area contributed by atoms with E-state index in [1.165, 1.54) is 12.0 Å². The predicted octanol–water partition coefficient (Wildman–Crippen LogP) is 2.83. The van der Waals surface area contributed by atoms with Gasteiger partial charge in [-0.1, -0.05) is 30.3 Å². The molecular formula is C21H35Cl2N3O2. The predicted molar refractivity (Wildman–Crippen MR) is 118 cm³/mol. The van der Waals surface area contributed by atoms with Crippen molar-refractivity contribution < 1.29 is 9.53 Å². The number of likely N-dealkylation sites (tertiary alicyclic amines) is 1. The van der Waals surface area contributed by atoms with Crippen molar-refractivity contribution in [2.75, 3.05) is 53.5 Å². The summed E-state index contributed by atoms with van der Waals surface area (Å²) in [5, 5.41) is 3.36. The number of nitrogens with zero attached hydrogens (tertiary/aromatic N) is 2. The number of carbonyl (C=O) groups excluding carboxylic acids is 1. The van der Waals surface area contributed by atoms with Crippen LogP contribution in [-0.4, -0.2) is 69.2 Å². The molecule has 0 saturated carbocycles. The van der Waals surface area contributed by atoms with Gasteiger partial charge in [0.05, 0.1) is 12.0 Å². The third-order valence-electron chi connectivity index (χ3n) is 5.93. The molecule has 7 heteroatoms. The lowest BCUT2D eigenvalue weighted by molar-refractivity contribution is -0.146. The van der Waals surface area contributed by atoms with Crippen LogP contribution in [-0.2, 0) is 16.1 Å². The van der Waals surface area contributed by atoms with Gasteiger partial charge in [0, 0.05) is 33.8 Å². The van der Waals surface area contributed by atoms with Crippen LogP contribution in [0, 0.1) is 11.3 Å². The van der Waals surface area contributed by atoms with Gasteiger partial charge in [0.15, 0.2) is 0 Å². The highest BCUT2D eigenvalue weighted by molar-refractivity contribution is 5.85. The largest absolute Gasteiger partial charge is 0.384 e. The molecule has 2 saturated heterocycles. The molecule has 28 heavy (non-hydrogen) atoms. The number of hydrogen-bond donors (Lipinski definition) is 1. The van der Waals surface area contributed by atoms with E-state index in [1.54, 1.807) is 7.11 Å². The minimum atomic E-state index is -0.336. The van der Waals surface area contributed by atoms with Crippen molar-refractivity contribution in [1.29, 1.82) is 0 Å². The number of hydrogen-bond acceptors (Lipinski definition) is 4. The van der Waals surface area contributed by atoms with E-state index in [9.17, 15) is 4.79 Å². The van der Waals surface area contributed by atoms with Gasteiger partial charge >= 0.3 is 0 Å². The van der Waals surface area contributed by atoms with Crippen LogP contribution in [0.4, 0.5) is 0 Å². The maximum atomic E-state index is 13.2. The van der Waals surface area contributed by atoms with Crippen LogP contribution in [0.3, 0.4) is 0 Å². The molecular weight excluding hydrogens is 397 g/mol. The Labute approximate surface area is 182 Å². The Kier molecular flexibility index (Phi) is 10.8. The smallest absolute Gasteiger partial charge is 0.230 e. The maximum absolute atomic E-state index is 13.2. The summed E-state index contributed by atoms with van der Waals surface area (Å²) in [5.41, 5.74) is 1.03. The Balaban J connectivity index is 0.00000196. The molecule has 1 N–H and O–H groups in total. The highest BCUT2D eigenvalue weighted by Gasteiger charge is 2.42. The molecule has 0 spiro atoms. The number of rotatable bonds is 7. The fourth-order valence-electron chi connectivity index (χ4n) is 4.52. The molecule has 2 heterocycles. The van der Waals surface area contributed by atoms with Gasteiger partial charge < -0.3 is 15.0 Å². The van der Waals surface area contributed by atoms with Crippen molar-refractivity contribution >= 4 is 30.7 Å². The first-order valence-electron chi connectivity index (χ1n) is 9.84. The number of ether oxygens (including phenoxy) is 1. The summed E-state index contributed by atoms with van der Waals surface area (Å²) in [4.78, 5) is 17.7. The fourth-order valence-corrected chi connectivity index (χ4v) is 4.52. The van der Waals surface area contributed by atoms with Crippen molar-refractivity contribution in [1.82, 2.24) is 15.1 Å².